The predicted molar refractivity (Wildman–Crippen MR) is 307 cm³/mol. The lowest BCUT2D eigenvalue weighted by atomic mass is 9.67. The molecule has 13 aromatic rings. The molecule has 12 aromatic carbocycles. The zero-order valence-corrected chi connectivity index (χ0v) is 40.1. The van der Waals surface area contributed by atoms with E-state index in [1.807, 2.05) is 0 Å². The monoisotopic (exact) mass is 928 g/mol. The second-order valence-electron chi connectivity index (χ2n) is 19.2. The van der Waals surface area contributed by atoms with Gasteiger partial charge in [-0.15, -0.1) is 0 Å². The van der Waals surface area contributed by atoms with E-state index in [-0.39, 0.29) is 0 Å². The van der Waals surface area contributed by atoms with Gasteiger partial charge in [0, 0.05) is 33.1 Å². The third-order valence-corrected chi connectivity index (χ3v) is 15.3. The van der Waals surface area contributed by atoms with Crippen molar-refractivity contribution in [1.82, 2.24) is 4.57 Å². The van der Waals surface area contributed by atoms with E-state index in [2.05, 4.69) is 301 Å². The van der Waals surface area contributed by atoms with Crippen LogP contribution in [0.3, 0.4) is 0 Å². The van der Waals surface area contributed by atoms with E-state index in [4.69, 9.17) is 0 Å². The van der Waals surface area contributed by atoms with Crippen LogP contribution >= 0.6 is 0 Å². The molecule has 0 fully saturated rings. The highest BCUT2D eigenvalue weighted by Gasteiger charge is 2.46. The van der Waals surface area contributed by atoms with Gasteiger partial charge in [0.2, 0.25) is 0 Å². The van der Waals surface area contributed by atoms with E-state index < -0.39 is 5.41 Å². The van der Waals surface area contributed by atoms with Crippen LogP contribution in [0, 0.1) is 0 Å². The number of hydrogen-bond donors (Lipinski definition) is 0. The summed E-state index contributed by atoms with van der Waals surface area (Å²) in [6, 6.07) is 107. The first-order valence-corrected chi connectivity index (χ1v) is 25.2. The number of rotatable bonds is 9. The molecule has 1 heterocycles. The van der Waals surface area contributed by atoms with Crippen LogP contribution in [0.2, 0.25) is 0 Å². The molecule has 0 bridgehead atoms. The Kier molecular flexibility index (Phi) is 10.1. The fourth-order valence-corrected chi connectivity index (χ4v) is 12.0. The smallest absolute Gasteiger partial charge is 0.0713 e. The molecule has 342 valence electrons. The maximum atomic E-state index is 2.45. The summed E-state index contributed by atoms with van der Waals surface area (Å²) in [6.07, 6.45) is 0. The van der Waals surface area contributed by atoms with Crippen molar-refractivity contribution in [3.05, 3.63) is 313 Å². The molecule has 0 aliphatic heterocycles. The lowest BCUT2D eigenvalue weighted by molar-refractivity contribution is 0.769. The Morgan fingerprint density at radius 1 is 0.288 bits per heavy atom. The standard InChI is InChI=1S/C71H48N2/c1-3-20-55(21-4-1)71(56-22-5-2-6-23-56)65-29-13-9-26-61(65)62-47-42-54(48-66(62)71)51-40-45-58(46-41-51)72(67-33-17-19-52-18-7-8-24-59(52)67)57-43-38-50(39-44-57)49-34-36-53(37-35-49)60-25-10-14-30-68(60)73-69-31-15-11-27-63(69)64-28-12-16-32-70(64)73/h1-48H. The van der Waals surface area contributed by atoms with Crippen LogP contribution in [0.15, 0.2) is 291 Å². The molecule has 2 heteroatoms. The normalized spacial score (nSPS) is 12.5. The van der Waals surface area contributed by atoms with Crippen molar-refractivity contribution >= 4 is 49.6 Å². The molecule has 0 saturated heterocycles. The van der Waals surface area contributed by atoms with Crippen molar-refractivity contribution in [3.8, 4) is 50.2 Å². The SMILES string of the molecule is c1ccc(C2(c3ccccc3)c3ccccc3-c3ccc(-c4ccc(N(c5ccc(-c6ccc(-c7ccccc7-n7c8ccccc8c8ccccc87)cc6)cc5)c5cccc6ccccc56)cc4)cc32)cc1. The van der Waals surface area contributed by atoms with Crippen LogP contribution in [0.4, 0.5) is 17.1 Å². The third kappa shape index (κ3) is 6.87. The minimum absolute atomic E-state index is 0.455. The van der Waals surface area contributed by atoms with Gasteiger partial charge >= 0.3 is 0 Å². The molecule has 0 atom stereocenters. The van der Waals surface area contributed by atoms with Gasteiger partial charge in [-0.3, -0.25) is 0 Å². The molecule has 0 saturated carbocycles. The topological polar surface area (TPSA) is 8.17 Å². The van der Waals surface area contributed by atoms with E-state index in [1.54, 1.807) is 0 Å². The van der Waals surface area contributed by atoms with Crippen molar-refractivity contribution in [2.24, 2.45) is 0 Å². The molecular formula is C71H48N2. The molecule has 14 rings (SSSR count). The van der Waals surface area contributed by atoms with Gasteiger partial charge in [0.05, 0.1) is 27.8 Å². The van der Waals surface area contributed by atoms with Crippen molar-refractivity contribution in [2.75, 3.05) is 4.90 Å². The molecule has 1 aromatic heterocycles. The minimum atomic E-state index is -0.455. The van der Waals surface area contributed by atoms with Crippen LogP contribution < -0.4 is 4.90 Å². The van der Waals surface area contributed by atoms with Gasteiger partial charge in [-0.2, -0.15) is 0 Å². The number of aromatic nitrogens is 1. The Hall–Kier alpha value is -9.50. The van der Waals surface area contributed by atoms with Crippen LogP contribution in [0.25, 0.3) is 82.8 Å². The summed E-state index contributed by atoms with van der Waals surface area (Å²) >= 11 is 0. The van der Waals surface area contributed by atoms with Crippen LogP contribution in [0.1, 0.15) is 22.3 Å². The minimum Gasteiger partial charge on any atom is -0.310 e. The van der Waals surface area contributed by atoms with E-state index in [9.17, 15) is 0 Å². The van der Waals surface area contributed by atoms with Crippen molar-refractivity contribution in [1.29, 1.82) is 0 Å². The van der Waals surface area contributed by atoms with Crippen LogP contribution in [-0.2, 0) is 5.41 Å². The lowest BCUT2D eigenvalue weighted by Crippen LogP contribution is -2.28. The number of anilines is 3. The summed E-state index contributed by atoms with van der Waals surface area (Å²) in [6.45, 7) is 0. The highest BCUT2D eigenvalue weighted by molar-refractivity contribution is 6.10. The Morgan fingerprint density at radius 3 is 1.38 bits per heavy atom. The van der Waals surface area contributed by atoms with Crippen molar-refractivity contribution in [3.63, 3.8) is 0 Å². The highest BCUT2D eigenvalue weighted by Crippen LogP contribution is 2.57. The number of hydrogen-bond acceptors (Lipinski definition) is 1. The Bertz CT molecular complexity index is 4070. The van der Waals surface area contributed by atoms with Gasteiger partial charge in [0.25, 0.3) is 0 Å². The Balaban J connectivity index is 0.821. The number of para-hydroxylation sites is 3. The first kappa shape index (κ1) is 42.4. The second kappa shape index (κ2) is 17.4. The van der Waals surface area contributed by atoms with Gasteiger partial charge in [0.15, 0.2) is 0 Å². The van der Waals surface area contributed by atoms with Gasteiger partial charge in [-0.1, -0.05) is 237 Å². The maximum Gasteiger partial charge on any atom is 0.0713 e. The molecule has 0 N–H and O–H groups in total. The fourth-order valence-electron chi connectivity index (χ4n) is 12.0. The average Bonchev–Trinajstić information content (AvgIpc) is 3.97. The summed E-state index contributed by atoms with van der Waals surface area (Å²) in [7, 11) is 0. The van der Waals surface area contributed by atoms with Gasteiger partial charge in [-0.25, -0.2) is 0 Å². The fraction of sp³-hybridized carbons (Fsp3) is 0.0141. The van der Waals surface area contributed by atoms with Crippen molar-refractivity contribution < 1.29 is 0 Å². The molecule has 0 unspecified atom stereocenters. The Labute approximate surface area is 426 Å². The van der Waals surface area contributed by atoms with Gasteiger partial charge in [-0.05, 0) is 121 Å². The Morgan fingerprint density at radius 2 is 0.740 bits per heavy atom. The number of nitrogens with zero attached hydrogens (tertiary/aromatic N) is 2. The maximum absolute atomic E-state index is 2.45. The highest BCUT2D eigenvalue weighted by atomic mass is 15.1. The third-order valence-electron chi connectivity index (χ3n) is 15.3. The summed E-state index contributed by atoms with van der Waals surface area (Å²) in [5, 5.41) is 4.93. The lowest BCUT2D eigenvalue weighted by Gasteiger charge is -2.34. The molecule has 1 aliphatic carbocycles. The zero-order chi connectivity index (χ0) is 48.3. The second-order valence-corrected chi connectivity index (χ2v) is 19.2. The summed E-state index contributed by atoms with van der Waals surface area (Å²) in [5.41, 5.74) is 21.3. The summed E-state index contributed by atoms with van der Waals surface area (Å²) < 4.78 is 2.41. The van der Waals surface area contributed by atoms with Gasteiger partial charge in [0.1, 0.15) is 0 Å². The molecule has 1 aliphatic rings. The molecule has 0 radical (unpaired) electrons. The van der Waals surface area contributed by atoms with E-state index in [0.717, 1.165) is 17.1 Å². The molecule has 0 amide bonds. The largest absolute Gasteiger partial charge is 0.310 e. The summed E-state index contributed by atoms with van der Waals surface area (Å²) in [5.74, 6) is 0. The number of fused-ring (bicyclic) bond motifs is 7. The van der Waals surface area contributed by atoms with Crippen molar-refractivity contribution in [2.45, 2.75) is 5.41 Å². The van der Waals surface area contributed by atoms with E-state index in [1.165, 1.54) is 105 Å². The van der Waals surface area contributed by atoms with E-state index in [0.29, 0.717) is 0 Å². The van der Waals surface area contributed by atoms with Crippen LogP contribution in [0.5, 0.6) is 0 Å². The number of benzene rings is 12. The van der Waals surface area contributed by atoms with E-state index >= 15 is 0 Å². The first-order chi connectivity index (χ1) is 36.2. The predicted octanol–water partition coefficient (Wildman–Crippen LogP) is 18.8. The molecule has 73 heavy (non-hydrogen) atoms. The molecular weight excluding hydrogens is 881 g/mol. The van der Waals surface area contributed by atoms with Gasteiger partial charge < -0.3 is 9.47 Å². The molecule has 0 spiro atoms. The molecule has 2 nitrogen and oxygen atoms in total. The quantitative estimate of drug-likeness (QED) is 0.140. The zero-order valence-electron chi connectivity index (χ0n) is 40.1. The first-order valence-electron chi connectivity index (χ1n) is 25.2. The summed E-state index contributed by atoms with van der Waals surface area (Å²) in [4.78, 5) is 2.40. The average molecular weight is 929 g/mol. The van der Waals surface area contributed by atoms with Crippen LogP contribution in [-0.4, -0.2) is 4.57 Å².